The van der Waals surface area contributed by atoms with Gasteiger partial charge in [0.1, 0.15) is 6.54 Å². The van der Waals surface area contributed by atoms with E-state index in [2.05, 4.69) is 15.9 Å². The van der Waals surface area contributed by atoms with Crippen LogP contribution in [0.2, 0.25) is 0 Å². The molecule has 0 heterocycles. The number of hydrogen-bond acceptors (Lipinski definition) is 2. The van der Waals surface area contributed by atoms with Crippen LogP contribution in [0.5, 0.6) is 0 Å². The maximum absolute atomic E-state index is 12.6. The minimum Gasteiger partial charge on any atom is -0.207 e. The first-order valence-corrected chi connectivity index (χ1v) is 8.03. The Morgan fingerprint density at radius 1 is 1.30 bits per heavy atom. The molecule has 0 aromatic heterocycles. The second-order valence-corrected chi connectivity index (χ2v) is 7.41. The number of halogens is 4. The molecule has 1 aromatic rings. The van der Waals surface area contributed by atoms with Crippen molar-refractivity contribution >= 4 is 26.0 Å². The molecule has 0 atom stereocenters. The van der Waals surface area contributed by atoms with E-state index in [0.717, 1.165) is 5.56 Å². The number of aryl methyl sites for hydroxylation is 1. The van der Waals surface area contributed by atoms with Gasteiger partial charge in [-0.3, -0.25) is 0 Å². The summed E-state index contributed by atoms with van der Waals surface area (Å²) >= 11 is 3.09. The van der Waals surface area contributed by atoms with Gasteiger partial charge >= 0.3 is 6.18 Å². The number of sulfonamides is 1. The van der Waals surface area contributed by atoms with Gasteiger partial charge in [0.25, 0.3) is 0 Å². The van der Waals surface area contributed by atoms with E-state index in [4.69, 9.17) is 0 Å². The summed E-state index contributed by atoms with van der Waals surface area (Å²) in [4.78, 5) is -0.166. The van der Waals surface area contributed by atoms with Gasteiger partial charge < -0.3 is 0 Å². The molecule has 0 aliphatic rings. The molecule has 0 amide bonds. The second kappa shape index (κ2) is 6.03. The van der Waals surface area contributed by atoms with E-state index < -0.39 is 28.8 Å². The van der Waals surface area contributed by atoms with Crippen molar-refractivity contribution in [2.24, 2.45) is 0 Å². The van der Waals surface area contributed by atoms with Gasteiger partial charge in [-0.2, -0.15) is 17.5 Å². The Bertz CT molecular complexity index is 585. The largest absolute Gasteiger partial charge is 0.402 e. The van der Waals surface area contributed by atoms with Gasteiger partial charge in [-0.15, -0.1) is 0 Å². The molecule has 0 spiro atoms. The summed E-state index contributed by atoms with van der Waals surface area (Å²) in [6.07, 6.45) is -4.59. The Hall–Kier alpha value is -0.600. The molecule has 0 unspecified atom stereocenters. The zero-order chi connectivity index (χ0) is 15.7. The van der Waals surface area contributed by atoms with E-state index in [9.17, 15) is 21.6 Å². The van der Waals surface area contributed by atoms with Crippen molar-refractivity contribution in [1.29, 1.82) is 0 Å². The zero-order valence-corrected chi connectivity index (χ0v) is 13.6. The van der Waals surface area contributed by atoms with Gasteiger partial charge in [0.15, 0.2) is 0 Å². The van der Waals surface area contributed by atoms with E-state index in [1.807, 2.05) is 0 Å². The van der Waals surface area contributed by atoms with Crippen LogP contribution in [0.4, 0.5) is 13.2 Å². The van der Waals surface area contributed by atoms with E-state index in [1.165, 1.54) is 19.9 Å². The molecule has 0 aliphatic carbocycles. The molecule has 8 heteroatoms. The van der Waals surface area contributed by atoms with Gasteiger partial charge in [0, 0.05) is 10.5 Å². The Kier molecular flexibility index (Phi) is 5.26. The highest BCUT2D eigenvalue weighted by atomic mass is 79.9. The first-order valence-electron chi connectivity index (χ1n) is 5.80. The average molecular weight is 374 g/mol. The number of benzene rings is 1. The van der Waals surface area contributed by atoms with Crippen molar-refractivity contribution in [2.75, 3.05) is 6.54 Å². The number of alkyl halides is 3. The first-order chi connectivity index (χ1) is 8.95. The van der Waals surface area contributed by atoms with Crippen LogP contribution in [0.1, 0.15) is 19.4 Å². The third-order valence-electron chi connectivity index (χ3n) is 2.59. The topological polar surface area (TPSA) is 37.4 Å². The summed E-state index contributed by atoms with van der Waals surface area (Å²) in [7, 11) is -4.21. The van der Waals surface area contributed by atoms with Crippen LogP contribution < -0.4 is 0 Å². The molecule has 0 N–H and O–H groups in total. The average Bonchev–Trinajstić information content (AvgIpc) is 2.23. The highest BCUT2D eigenvalue weighted by Crippen LogP contribution is 2.29. The molecule has 0 saturated carbocycles. The summed E-state index contributed by atoms with van der Waals surface area (Å²) < 4.78 is 63.1. The highest BCUT2D eigenvalue weighted by molar-refractivity contribution is 9.10. The molecule has 0 saturated heterocycles. The lowest BCUT2D eigenvalue weighted by molar-refractivity contribution is -0.138. The number of hydrogen-bond donors (Lipinski definition) is 0. The van der Waals surface area contributed by atoms with Gasteiger partial charge in [-0.25, -0.2) is 8.42 Å². The number of nitrogens with zero attached hydrogens (tertiary/aromatic N) is 1. The highest BCUT2D eigenvalue weighted by Gasteiger charge is 2.39. The summed E-state index contributed by atoms with van der Waals surface area (Å²) in [5.74, 6) is 0. The van der Waals surface area contributed by atoms with Crippen molar-refractivity contribution in [3.63, 3.8) is 0 Å². The fourth-order valence-corrected chi connectivity index (χ4v) is 4.44. The van der Waals surface area contributed by atoms with Gasteiger partial charge in [-0.1, -0.05) is 6.07 Å². The van der Waals surface area contributed by atoms with Crippen molar-refractivity contribution in [2.45, 2.75) is 37.9 Å². The summed E-state index contributed by atoms with van der Waals surface area (Å²) in [5, 5.41) is 0. The second-order valence-electron chi connectivity index (χ2n) is 4.69. The van der Waals surface area contributed by atoms with E-state index in [-0.39, 0.29) is 9.37 Å². The van der Waals surface area contributed by atoms with Crippen LogP contribution >= 0.6 is 15.9 Å². The standard InChI is InChI=1S/C12H15BrF3NO2S/c1-8(2)17(7-12(14,15)16)20(18,19)11-5-4-9(3)6-10(11)13/h4-6,8H,7H2,1-3H3. The minimum absolute atomic E-state index is 0.166. The van der Waals surface area contributed by atoms with Crippen LogP contribution in [0.15, 0.2) is 27.6 Å². The fraction of sp³-hybridized carbons (Fsp3) is 0.500. The maximum atomic E-state index is 12.6. The molecule has 114 valence electrons. The summed E-state index contributed by atoms with van der Waals surface area (Å²) in [6, 6.07) is 3.61. The summed E-state index contributed by atoms with van der Waals surface area (Å²) in [6.45, 7) is 3.07. The lowest BCUT2D eigenvalue weighted by atomic mass is 10.2. The maximum Gasteiger partial charge on any atom is 0.402 e. The van der Waals surface area contributed by atoms with Crippen LogP contribution in [0, 0.1) is 6.92 Å². The molecule has 0 radical (unpaired) electrons. The number of rotatable bonds is 4. The molecule has 3 nitrogen and oxygen atoms in total. The lowest BCUT2D eigenvalue weighted by Gasteiger charge is -2.27. The monoisotopic (exact) mass is 373 g/mol. The van der Waals surface area contributed by atoms with E-state index in [1.54, 1.807) is 19.1 Å². The lowest BCUT2D eigenvalue weighted by Crippen LogP contribution is -2.43. The SMILES string of the molecule is Cc1ccc(S(=O)(=O)N(CC(F)(F)F)C(C)C)c(Br)c1. The quantitative estimate of drug-likeness (QED) is 0.806. The summed E-state index contributed by atoms with van der Waals surface area (Å²) in [5.41, 5.74) is 0.808. The minimum atomic E-state index is -4.59. The fourth-order valence-electron chi connectivity index (χ4n) is 1.66. The van der Waals surface area contributed by atoms with Crippen LogP contribution in [0.25, 0.3) is 0 Å². The predicted molar refractivity (Wildman–Crippen MR) is 74.0 cm³/mol. The normalized spacial score (nSPS) is 13.2. The molecule has 0 fully saturated rings. The zero-order valence-electron chi connectivity index (χ0n) is 11.2. The molecule has 1 rings (SSSR count). The van der Waals surface area contributed by atoms with Crippen LogP contribution in [0.3, 0.4) is 0 Å². The Labute approximate surface area is 125 Å². The van der Waals surface area contributed by atoms with Crippen LogP contribution in [-0.4, -0.2) is 31.5 Å². The van der Waals surface area contributed by atoms with Crippen LogP contribution in [-0.2, 0) is 10.0 Å². The molecule has 0 bridgehead atoms. The molecule has 0 aliphatic heterocycles. The molecule has 20 heavy (non-hydrogen) atoms. The molecular formula is C12H15BrF3NO2S. The van der Waals surface area contributed by atoms with Gasteiger partial charge in [0.2, 0.25) is 10.0 Å². The van der Waals surface area contributed by atoms with Crippen molar-refractivity contribution in [3.05, 3.63) is 28.2 Å². The Balaban J connectivity index is 3.30. The van der Waals surface area contributed by atoms with Crippen molar-refractivity contribution in [3.8, 4) is 0 Å². The van der Waals surface area contributed by atoms with E-state index in [0.29, 0.717) is 4.31 Å². The van der Waals surface area contributed by atoms with Crippen molar-refractivity contribution < 1.29 is 21.6 Å². The molecular weight excluding hydrogens is 359 g/mol. The Morgan fingerprint density at radius 3 is 2.25 bits per heavy atom. The van der Waals surface area contributed by atoms with E-state index >= 15 is 0 Å². The van der Waals surface area contributed by atoms with Gasteiger partial charge in [-0.05, 0) is 54.4 Å². The van der Waals surface area contributed by atoms with Crippen molar-refractivity contribution in [1.82, 2.24) is 4.31 Å². The predicted octanol–water partition coefficient (Wildman–Crippen LogP) is 3.72. The first kappa shape index (κ1) is 17.5. The third kappa shape index (κ3) is 4.20. The smallest absolute Gasteiger partial charge is 0.207 e. The Morgan fingerprint density at radius 2 is 1.85 bits per heavy atom. The molecule has 1 aromatic carbocycles. The third-order valence-corrected chi connectivity index (χ3v) is 5.58. The van der Waals surface area contributed by atoms with Gasteiger partial charge in [0.05, 0.1) is 4.90 Å².